The molecule has 0 spiro atoms. The van der Waals surface area contributed by atoms with Crippen LogP contribution < -0.4 is 5.32 Å². The van der Waals surface area contributed by atoms with Crippen LogP contribution >= 0.6 is 12.2 Å². The van der Waals surface area contributed by atoms with Gasteiger partial charge in [-0.15, -0.1) is 0 Å². The number of nitrogens with one attached hydrogen (secondary N) is 1. The molecule has 0 fully saturated rings. The summed E-state index contributed by atoms with van der Waals surface area (Å²) >= 11 is 4.35. The van der Waals surface area contributed by atoms with Crippen molar-refractivity contribution >= 4 is 34.7 Å². The Kier molecular flexibility index (Phi) is 3.49. The van der Waals surface area contributed by atoms with Gasteiger partial charge in [-0.05, 0) is 18.3 Å². The zero-order valence-electron chi connectivity index (χ0n) is 7.74. The Labute approximate surface area is 90.5 Å². The van der Waals surface area contributed by atoms with Crippen molar-refractivity contribution in [2.45, 2.75) is 6.92 Å². The number of hydrogen-bond acceptors (Lipinski definition) is 4. The molecule has 1 aromatic carbocycles. The number of amides is 1. The van der Waals surface area contributed by atoms with Crippen molar-refractivity contribution in [2.75, 3.05) is 5.32 Å². The molecule has 0 saturated heterocycles. The lowest BCUT2D eigenvalue weighted by Gasteiger charge is -2.06. The molecule has 0 aliphatic rings. The highest BCUT2D eigenvalue weighted by molar-refractivity contribution is 7.78. The second-order valence-electron chi connectivity index (χ2n) is 2.71. The molecule has 0 atom stereocenters. The lowest BCUT2D eigenvalue weighted by molar-refractivity contribution is -0.114. The number of rotatable bonds is 2. The smallest absolute Gasteiger partial charge is 0.221 e. The maximum Gasteiger partial charge on any atom is 0.221 e. The molecule has 0 aliphatic carbocycles. The Morgan fingerprint density at radius 2 is 2.33 bits per heavy atom. The highest BCUT2D eigenvalue weighted by Crippen LogP contribution is 2.31. The maximum absolute atomic E-state index is 13.1. The minimum atomic E-state index is -0.884. The average molecular weight is 226 g/mol. The van der Waals surface area contributed by atoms with Gasteiger partial charge in [-0.2, -0.15) is 4.99 Å². The van der Waals surface area contributed by atoms with E-state index < -0.39 is 17.5 Å². The van der Waals surface area contributed by atoms with Crippen LogP contribution in [0.15, 0.2) is 17.1 Å². The molecule has 6 heteroatoms. The third-order valence-electron chi connectivity index (χ3n) is 1.53. The number of halogens is 1. The fourth-order valence-corrected chi connectivity index (χ4v) is 1.09. The first-order valence-corrected chi connectivity index (χ1v) is 4.33. The first-order valence-electron chi connectivity index (χ1n) is 3.92. The number of aliphatic imine (C=N–C) groups is 1. The van der Waals surface area contributed by atoms with E-state index in [1.807, 2.05) is 0 Å². The summed E-state index contributed by atoms with van der Waals surface area (Å²) in [5, 5.41) is 13.6. The third-order valence-corrected chi connectivity index (χ3v) is 1.62. The van der Waals surface area contributed by atoms with Crippen LogP contribution in [0.4, 0.5) is 15.8 Å². The van der Waals surface area contributed by atoms with E-state index in [-0.39, 0.29) is 11.4 Å². The Morgan fingerprint density at radius 3 is 2.87 bits per heavy atom. The first kappa shape index (κ1) is 11.3. The Hall–Kier alpha value is -1.78. The fourth-order valence-electron chi connectivity index (χ4n) is 0.987. The lowest BCUT2D eigenvalue weighted by Crippen LogP contribution is -2.06. The van der Waals surface area contributed by atoms with E-state index in [4.69, 9.17) is 0 Å². The predicted octanol–water partition coefficient (Wildman–Crippen LogP) is 2.22. The molecule has 1 rings (SSSR count). The van der Waals surface area contributed by atoms with Gasteiger partial charge in [-0.25, -0.2) is 4.39 Å². The van der Waals surface area contributed by atoms with Gasteiger partial charge in [-0.1, -0.05) is 0 Å². The maximum atomic E-state index is 13.1. The molecule has 0 heterocycles. The van der Waals surface area contributed by atoms with E-state index in [0.29, 0.717) is 0 Å². The van der Waals surface area contributed by atoms with Crippen LogP contribution in [0.2, 0.25) is 0 Å². The second-order valence-corrected chi connectivity index (χ2v) is 2.89. The van der Waals surface area contributed by atoms with Crippen molar-refractivity contribution in [3.8, 4) is 5.75 Å². The number of phenolic OH excluding ortho intramolecular Hbond substituents is 1. The quantitative estimate of drug-likeness (QED) is 0.461. The molecule has 1 aromatic rings. The van der Waals surface area contributed by atoms with Crippen molar-refractivity contribution in [1.29, 1.82) is 0 Å². The van der Waals surface area contributed by atoms with Crippen LogP contribution in [0.1, 0.15) is 6.92 Å². The Balaban J connectivity index is 3.24. The highest BCUT2D eigenvalue weighted by atomic mass is 32.1. The summed E-state index contributed by atoms with van der Waals surface area (Å²) in [7, 11) is 0. The van der Waals surface area contributed by atoms with Crippen LogP contribution in [-0.2, 0) is 4.79 Å². The number of nitrogens with zero attached hydrogens (tertiary/aromatic N) is 1. The van der Waals surface area contributed by atoms with Gasteiger partial charge in [0, 0.05) is 13.0 Å². The van der Waals surface area contributed by atoms with Crippen LogP contribution in [0, 0.1) is 5.82 Å². The molecule has 0 radical (unpaired) electrons. The van der Waals surface area contributed by atoms with E-state index in [9.17, 15) is 14.3 Å². The summed E-state index contributed by atoms with van der Waals surface area (Å²) in [4.78, 5) is 14.3. The molecule has 15 heavy (non-hydrogen) atoms. The molecule has 0 aliphatic heterocycles. The summed E-state index contributed by atoms with van der Waals surface area (Å²) in [5.41, 5.74) is 0.121. The molecule has 0 aromatic heterocycles. The SMILES string of the molecule is CC(=O)Nc1cc(N=C=S)cc(F)c1O. The Morgan fingerprint density at radius 1 is 1.67 bits per heavy atom. The molecule has 1 amide bonds. The van der Waals surface area contributed by atoms with E-state index in [1.54, 1.807) is 0 Å². The topological polar surface area (TPSA) is 61.7 Å². The molecule has 4 nitrogen and oxygen atoms in total. The summed E-state index contributed by atoms with van der Waals surface area (Å²) in [5.74, 6) is -1.94. The summed E-state index contributed by atoms with van der Waals surface area (Å²) in [6, 6.07) is 2.28. The molecule has 0 bridgehead atoms. The number of carbonyl (C=O) groups excluding carboxylic acids is 1. The van der Waals surface area contributed by atoms with Gasteiger partial charge in [-0.3, -0.25) is 4.79 Å². The number of thiocarbonyl (C=S) groups is 1. The van der Waals surface area contributed by atoms with Crippen molar-refractivity contribution in [3.63, 3.8) is 0 Å². The summed E-state index contributed by atoms with van der Waals surface area (Å²) < 4.78 is 13.1. The number of isothiocyanates is 1. The number of phenols is 1. The monoisotopic (exact) mass is 226 g/mol. The minimum absolute atomic E-state index is 0.0495. The number of anilines is 1. The number of carbonyl (C=O) groups is 1. The van der Waals surface area contributed by atoms with Gasteiger partial charge in [0.2, 0.25) is 5.91 Å². The third kappa shape index (κ3) is 2.83. The van der Waals surface area contributed by atoms with Gasteiger partial charge in [0.1, 0.15) is 0 Å². The number of aromatic hydroxyl groups is 1. The van der Waals surface area contributed by atoms with Crippen molar-refractivity contribution < 1.29 is 14.3 Å². The molecule has 0 saturated carbocycles. The van der Waals surface area contributed by atoms with Crippen molar-refractivity contribution in [1.82, 2.24) is 0 Å². The van der Waals surface area contributed by atoms with Crippen LogP contribution in [0.5, 0.6) is 5.75 Å². The summed E-state index contributed by atoms with van der Waals surface area (Å²) in [6.45, 7) is 1.24. The molecule has 0 unspecified atom stereocenters. The highest BCUT2D eigenvalue weighted by Gasteiger charge is 2.10. The first-order chi connectivity index (χ1) is 7.04. The number of hydrogen-bond donors (Lipinski definition) is 2. The van der Waals surface area contributed by atoms with Crippen LogP contribution in [-0.4, -0.2) is 16.2 Å². The lowest BCUT2D eigenvalue weighted by atomic mass is 10.2. The minimum Gasteiger partial charge on any atom is -0.503 e. The van der Waals surface area contributed by atoms with Crippen molar-refractivity contribution in [3.05, 3.63) is 17.9 Å². The zero-order chi connectivity index (χ0) is 11.4. The van der Waals surface area contributed by atoms with Crippen LogP contribution in [0.3, 0.4) is 0 Å². The van der Waals surface area contributed by atoms with Crippen molar-refractivity contribution in [2.24, 2.45) is 4.99 Å². The largest absolute Gasteiger partial charge is 0.503 e. The predicted molar refractivity (Wildman–Crippen MR) is 57.1 cm³/mol. The second kappa shape index (κ2) is 4.63. The van der Waals surface area contributed by atoms with Gasteiger partial charge in [0.25, 0.3) is 0 Å². The van der Waals surface area contributed by atoms with Gasteiger partial charge in [0.05, 0.1) is 16.5 Å². The molecular weight excluding hydrogens is 219 g/mol. The van der Waals surface area contributed by atoms with E-state index >= 15 is 0 Å². The molecular formula is C9H7FN2O2S. The van der Waals surface area contributed by atoms with Gasteiger partial charge >= 0.3 is 0 Å². The standard InChI is InChI=1S/C9H7FN2O2S/c1-5(13)12-8-3-6(11-4-15)2-7(10)9(8)14/h2-3,14H,1H3,(H,12,13). The number of benzene rings is 1. The van der Waals surface area contributed by atoms with Gasteiger partial charge in [0.15, 0.2) is 11.6 Å². The van der Waals surface area contributed by atoms with Gasteiger partial charge < -0.3 is 10.4 Å². The van der Waals surface area contributed by atoms with E-state index in [2.05, 4.69) is 27.7 Å². The molecule has 2 N–H and O–H groups in total. The van der Waals surface area contributed by atoms with Crippen LogP contribution in [0.25, 0.3) is 0 Å². The normalized spacial score (nSPS) is 9.20. The fraction of sp³-hybridized carbons (Fsp3) is 0.111. The Bertz CT molecular complexity index is 456. The average Bonchev–Trinajstić information content (AvgIpc) is 2.13. The molecule has 78 valence electrons. The van der Waals surface area contributed by atoms with E-state index in [0.717, 1.165) is 6.07 Å². The summed E-state index contributed by atoms with van der Waals surface area (Å²) in [6.07, 6.45) is 0. The van der Waals surface area contributed by atoms with E-state index in [1.165, 1.54) is 13.0 Å². The zero-order valence-corrected chi connectivity index (χ0v) is 8.56.